The highest BCUT2D eigenvalue weighted by molar-refractivity contribution is 8.09. The maximum Gasteiger partial charge on any atom is 0.323 e. The second kappa shape index (κ2) is 13.9. The van der Waals surface area contributed by atoms with Gasteiger partial charge in [-0.25, -0.2) is 24.4 Å². The molecule has 0 radical (unpaired) electrons. The molecule has 1 fully saturated rings. The summed E-state index contributed by atoms with van der Waals surface area (Å²) in [5.41, 5.74) is -1.31. The number of aliphatic hydroxyl groups excluding tert-OH is 1. The monoisotopic (exact) mass is 708 g/mol. The van der Waals surface area contributed by atoms with Gasteiger partial charge >= 0.3 is 12.6 Å². The summed E-state index contributed by atoms with van der Waals surface area (Å²) in [5, 5.41) is 18.9. The fourth-order valence-corrected chi connectivity index (χ4v) is 7.82. The van der Waals surface area contributed by atoms with Gasteiger partial charge in [-0.2, -0.15) is 0 Å². The quantitative estimate of drug-likeness (QED) is 0.0983. The lowest BCUT2D eigenvalue weighted by Gasteiger charge is -2.33. The molecule has 1 saturated heterocycles. The van der Waals surface area contributed by atoms with Crippen LogP contribution in [0, 0.1) is 12.3 Å². The van der Waals surface area contributed by atoms with Crippen LogP contribution in [0.1, 0.15) is 39.7 Å². The molecule has 5 rings (SSSR count). The molecule has 4 aromatic rings. The van der Waals surface area contributed by atoms with Gasteiger partial charge in [-0.05, 0) is 42.5 Å². The molecule has 3 N–H and O–H groups in total. The summed E-state index contributed by atoms with van der Waals surface area (Å²) in [6.07, 6.45) is -3.66. The molecule has 0 bridgehead atoms. The third kappa shape index (κ3) is 7.54. The van der Waals surface area contributed by atoms with Crippen molar-refractivity contribution in [3.8, 4) is 5.75 Å². The topological polar surface area (TPSA) is 142 Å². The van der Waals surface area contributed by atoms with E-state index in [0.717, 1.165) is 10.8 Å². The number of nitrogens with zero attached hydrogens (tertiary/aromatic N) is 4. The number of halogens is 2. The van der Waals surface area contributed by atoms with E-state index in [2.05, 4.69) is 25.4 Å². The number of carbonyl (C=O) groups excluding carboxylic acids is 1. The van der Waals surface area contributed by atoms with Crippen molar-refractivity contribution in [1.82, 2.24) is 24.6 Å². The average molecular weight is 709 g/mol. The fraction of sp³-hybridized carbons (Fsp3) is 0.484. The number of aliphatic hydroxyl groups is 1. The minimum Gasteiger partial charge on any atom is -0.464 e. The first-order chi connectivity index (χ1) is 22.2. The second-order valence-electron chi connectivity index (χ2n) is 12.6. The Morgan fingerprint density at radius 2 is 1.98 bits per heavy atom. The van der Waals surface area contributed by atoms with Crippen molar-refractivity contribution in [2.75, 3.05) is 31.5 Å². The number of esters is 1. The summed E-state index contributed by atoms with van der Waals surface area (Å²) in [7, 11) is 1.69. The van der Waals surface area contributed by atoms with Crippen LogP contribution >= 0.6 is 18.2 Å². The second-order valence-corrected chi connectivity index (χ2v) is 16.1. The zero-order valence-corrected chi connectivity index (χ0v) is 29.4. The van der Waals surface area contributed by atoms with Gasteiger partial charge in [0, 0.05) is 12.4 Å². The number of hydrogen-bond acceptors (Lipinski definition) is 11. The number of carbonyl (C=O) groups is 1. The van der Waals surface area contributed by atoms with E-state index in [1.165, 1.54) is 10.9 Å². The minimum atomic E-state index is -3.65. The van der Waals surface area contributed by atoms with E-state index < -0.39 is 49.4 Å². The number of aryl methyl sites for hydroxylation is 1. The van der Waals surface area contributed by atoms with Crippen molar-refractivity contribution < 1.29 is 32.8 Å². The maximum absolute atomic E-state index is 16.0. The summed E-state index contributed by atoms with van der Waals surface area (Å²) < 4.78 is 41.6. The number of alkyl halides is 2. The molecule has 1 aliphatic heterocycles. The Balaban J connectivity index is 1.44. The number of nitrogens with one attached hydrogen (secondary N) is 2. The van der Waals surface area contributed by atoms with Gasteiger partial charge in [0.25, 0.3) is 0 Å². The Morgan fingerprint density at radius 1 is 1.26 bits per heavy atom. The highest BCUT2D eigenvalue weighted by Gasteiger charge is 2.57. The minimum absolute atomic E-state index is 0.184. The molecule has 6 atom stereocenters. The standard InChI is InChI=1S/C31H39ClFN6O6PS/c1-18(29(41)42-15-30(3,4)5)38-46(47,45-22-13-9-11-20-10-7-8-12-21(20)22)43-16-31(14-32)25(40)23(33)28(44-31)39-17-35-24-26(34-6)36-19(2)37-27(24)39/h7-13,17-18,23,25,28,40H,14-16H2,1-6H3,(H,38,47)(H,34,36,37)/t18-,23+,25-,28+,31+,46-/m0/s1. The Morgan fingerprint density at radius 3 is 2.68 bits per heavy atom. The van der Waals surface area contributed by atoms with E-state index >= 15 is 4.39 Å². The first-order valence-electron chi connectivity index (χ1n) is 15.0. The third-order valence-corrected chi connectivity index (χ3v) is 10.5. The predicted octanol–water partition coefficient (Wildman–Crippen LogP) is 5.42. The zero-order valence-electron chi connectivity index (χ0n) is 26.9. The number of ether oxygens (including phenoxy) is 2. The number of hydrogen-bond donors (Lipinski definition) is 3. The SMILES string of the molecule is CNc1nc(C)nc2c1ncn2[C@@H]1O[C@](CCl)(CO[P@@](=S)(N[C@@H](C)C(=O)OCC(C)(C)C)Oc2cccc3ccccc23)[C@@H](O)[C@H]1F. The van der Waals surface area contributed by atoms with Crippen molar-refractivity contribution in [2.24, 2.45) is 5.41 Å². The van der Waals surface area contributed by atoms with Crippen LogP contribution in [0.3, 0.4) is 0 Å². The summed E-state index contributed by atoms with van der Waals surface area (Å²) in [6, 6.07) is 12.1. The summed E-state index contributed by atoms with van der Waals surface area (Å²) in [5.74, 6) is 0.373. The molecule has 2 aromatic heterocycles. The summed E-state index contributed by atoms with van der Waals surface area (Å²) in [4.78, 5) is 26.1. The molecule has 0 spiro atoms. The van der Waals surface area contributed by atoms with E-state index in [9.17, 15) is 9.90 Å². The van der Waals surface area contributed by atoms with Crippen molar-refractivity contribution in [3.63, 3.8) is 0 Å². The number of anilines is 1. The number of aromatic nitrogens is 4. The Kier molecular flexibility index (Phi) is 10.4. The zero-order chi connectivity index (χ0) is 34.1. The maximum atomic E-state index is 16.0. The lowest BCUT2D eigenvalue weighted by Crippen LogP contribution is -2.48. The summed E-state index contributed by atoms with van der Waals surface area (Å²) >= 11 is 12.3. The molecule has 254 valence electrons. The van der Waals surface area contributed by atoms with E-state index in [4.69, 9.17) is 41.9 Å². The number of imidazole rings is 1. The molecule has 1 aliphatic rings. The lowest BCUT2D eigenvalue weighted by molar-refractivity contribution is -0.148. The van der Waals surface area contributed by atoms with E-state index in [-0.39, 0.29) is 17.9 Å². The van der Waals surface area contributed by atoms with E-state index in [1.807, 2.05) is 51.1 Å². The van der Waals surface area contributed by atoms with Crippen molar-refractivity contribution in [1.29, 1.82) is 0 Å². The molecule has 2 aromatic carbocycles. The number of benzene rings is 2. The Bertz CT molecular complexity index is 1800. The average Bonchev–Trinajstić information content (AvgIpc) is 3.56. The van der Waals surface area contributed by atoms with Crippen LogP contribution in [-0.4, -0.2) is 80.7 Å². The van der Waals surface area contributed by atoms with Crippen LogP contribution in [0.2, 0.25) is 0 Å². The van der Waals surface area contributed by atoms with Gasteiger partial charge in [-0.15, -0.1) is 11.6 Å². The highest BCUT2D eigenvalue weighted by atomic mass is 35.5. The van der Waals surface area contributed by atoms with Crippen molar-refractivity contribution >= 4 is 63.8 Å². The molecule has 3 heterocycles. The smallest absolute Gasteiger partial charge is 0.323 e. The molecule has 0 amide bonds. The molecule has 0 aliphatic carbocycles. The first kappa shape index (κ1) is 35.3. The predicted molar refractivity (Wildman–Crippen MR) is 182 cm³/mol. The van der Waals surface area contributed by atoms with Crippen LogP contribution in [0.25, 0.3) is 21.9 Å². The van der Waals surface area contributed by atoms with Gasteiger partial charge in [-0.3, -0.25) is 9.36 Å². The van der Waals surface area contributed by atoms with Crippen LogP contribution in [0.5, 0.6) is 5.75 Å². The van der Waals surface area contributed by atoms with Crippen LogP contribution in [0.15, 0.2) is 48.8 Å². The van der Waals surface area contributed by atoms with Crippen molar-refractivity contribution in [2.45, 2.75) is 64.8 Å². The van der Waals surface area contributed by atoms with Gasteiger partial charge in [-0.1, -0.05) is 57.2 Å². The largest absolute Gasteiger partial charge is 0.464 e. The van der Waals surface area contributed by atoms with E-state index in [1.54, 1.807) is 33.0 Å². The van der Waals surface area contributed by atoms with Gasteiger partial charge < -0.3 is 28.9 Å². The molecule has 0 unspecified atom stereocenters. The Labute approximate surface area is 282 Å². The normalized spacial score (nSPS) is 23.5. The molecule has 47 heavy (non-hydrogen) atoms. The van der Waals surface area contributed by atoms with E-state index in [0.29, 0.717) is 28.6 Å². The van der Waals surface area contributed by atoms with Gasteiger partial charge in [0.15, 0.2) is 29.4 Å². The molecule has 0 saturated carbocycles. The molecular weight excluding hydrogens is 670 g/mol. The highest BCUT2D eigenvalue weighted by Crippen LogP contribution is 2.50. The fourth-order valence-electron chi connectivity index (χ4n) is 5.08. The van der Waals surface area contributed by atoms with Crippen LogP contribution < -0.4 is 14.9 Å². The Hall–Kier alpha value is -2.97. The summed E-state index contributed by atoms with van der Waals surface area (Å²) in [6.45, 7) is 5.17. The first-order valence-corrected chi connectivity index (χ1v) is 18.2. The van der Waals surface area contributed by atoms with Gasteiger partial charge in [0.1, 0.15) is 29.3 Å². The number of rotatable bonds is 12. The molecule has 12 nitrogen and oxygen atoms in total. The van der Waals surface area contributed by atoms with Crippen molar-refractivity contribution in [3.05, 3.63) is 54.6 Å². The molecule has 16 heteroatoms. The van der Waals surface area contributed by atoms with Crippen LogP contribution in [0.4, 0.5) is 10.2 Å². The third-order valence-electron chi connectivity index (χ3n) is 7.54. The molecular formula is C31H39ClFN6O6PS. The number of fused-ring (bicyclic) bond motifs is 2. The lowest BCUT2D eigenvalue weighted by atomic mass is 9.99. The van der Waals surface area contributed by atoms with Gasteiger partial charge in [0.05, 0.1) is 25.4 Å². The van der Waals surface area contributed by atoms with Gasteiger partial charge in [0.2, 0.25) is 0 Å². The van der Waals surface area contributed by atoms with Crippen LogP contribution in [-0.2, 0) is 30.6 Å².